The van der Waals surface area contributed by atoms with Crippen molar-refractivity contribution in [1.82, 2.24) is 0 Å². The molecule has 0 nitrogen and oxygen atoms in total. The van der Waals surface area contributed by atoms with Crippen LogP contribution in [0.15, 0.2) is 0 Å². The first-order chi connectivity index (χ1) is 7.90. The molecule has 1 saturated carbocycles. The molecule has 92 valence electrons. The summed E-state index contributed by atoms with van der Waals surface area (Å²) >= 11 is 5.24. The summed E-state index contributed by atoms with van der Waals surface area (Å²) in [5, 5.41) is 2.28. The van der Waals surface area contributed by atoms with E-state index >= 15 is 0 Å². The fraction of sp³-hybridized carbons (Fsp3) is 1.00. The molecular weight excluding hydrogens is 463 g/mol. The Bertz CT molecular complexity index is 207. The molecule has 0 N–H and O–H groups in total. The Morgan fingerprint density at radius 1 is 0.875 bits per heavy atom. The Morgan fingerprint density at radius 2 is 1.38 bits per heavy atom. The predicted molar refractivity (Wildman–Crippen MR) is 79.6 cm³/mol. The summed E-state index contributed by atoms with van der Waals surface area (Å²) < 4.78 is 5.88. The van der Waals surface area contributed by atoms with Crippen LogP contribution in [0, 0.1) is 0 Å². The SMILES string of the molecule is C1CC([Te]CC2CS2)CC([Te]CC2CS2)C1. The second kappa shape index (κ2) is 6.63. The molecule has 2 heterocycles. The van der Waals surface area contributed by atoms with Crippen molar-refractivity contribution in [1.29, 1.82) is 0 Å². The zero-order valence-corrected chi connectivity index (χ0v) is 15.9. The third kappa shape index (κ3) is 4.75. The van der Waals surface area contributed by atoms with E-state index < -0.39 is 0 Å². The number of hydrogen-bond acceptors (Lipinski definition) is 2. The molecule has 3 aliphatic rings. The van der Waals surface area contributed by atoms with Gasteiger partial charge in [0.1, 0.15) is 0 Å². The molecule has 3 rings (SSSR count). The van der Waals surface area contributed by atoms with Crippen LogP contribution in [0.25, 0.3) is 0 Å². The van der Waals surface area contributed by atoms with Gasteiger partial charge < -0.3 is 0 Å². The zero-order chi connectivity index (χ0) is 10.8. The molecule has 4 atom stereocenters. The third-order valence-electron chi connectivity index (χ3n) is 3.42. The van der Waals surface area contributed by atoms with Crippen LogP contribution in [0.2, 0.25) is 16.9 Å². The molecule has 4 unspecified atom stereocenters. The van der Waals surface area contributed by atoms with Crippen molar-refractivity contribution in [2.45, 2.75) is 53.1 Å². The summed E-state index contributed by atoms with van der Waals surface area (Å²) in [5.74, 6) is 3.02. The van der Waals surface area contributed by atoms with E-state index in [0.29, 0.717) is 41.8 Å². The molecule has 0 spiro atoms. The van der Waals surface area contributed by atoms with Crippen molar-refractivity contribution < 1.29 is 0 Å². The summed E-state index contributed by atoms with van der Waals surface area (Å²) in [6, 6.07) is 0. The van der Waals surface area contributed by atoms with Crippen LogP contribution in [-0.2, 0) is 0 Å². The quantitative estimate of drug-likeness (QED) is 0.418. The first-order valence-corrected chi connectivity index (χ1v) is 14.4. The summed E-state index contributed by atoms with van der Waals surface area (Å²) in [4.78, 5) is 0. The Hall–Kier alpha value is 2.28. The van der Waals surface area contributed by atoms with Crippen LogP contribution in [0.5, 0.6) is 0 Å². The minimum atomic E-state index is 0.403. The fourth-order valence-corrected chi connectivity index (χ4v) is 15.2. The van der Waals surface area contributed by atoms with Crippen LogP contribution < -0.4 is 0 Å². The van der Waals surface area contributed by atoms with Gasteiger partial charge in [-0.25, -0.2) is 0 Å². The predicted octanol–water partition coefficient (Wildman–Crippen LogP) is 3.61. The van der Waals surface area contributed by atoms with Gasteiger partial charge in [0.25, 0.3) is 0 Å². The second-order valence-electron chi connectivity index (χ2n) is 4.99. The van der Waals surface area contributed by atoms with Gasteiger partial charge in [-0.15, -0.1) is 0 Å². The maximum atomic E-state index is 2.22. The van der Waals surface area contributed by atoms with Crippen molar-refractivity contribution in [3.05, 3.63) is 0 Å². The van der Waals surface area contributed by atoms with E-state index in [4.69, 9.17) is 0 Å². The first kappa shape index (κ1) is 13.3. The molecule has 0 aromatic carbocycles. The summed E-state index contributed by atoms with van der Waals surface area (Å²) in [5.41, 5.74) is 0. The van der Waals surface area contributed by atoms with Crippen LogP contribution >= 0.6 is 23.5 Å². The van der Waals surface area contributed by atoms with E-state index in [1.165, 1.54) is 19.4 Å². The standard InChI is InChI=1S/C12H20S2Te2/c1-2-11(15-7-9-5-13-9)4-12(3-1)16-8-10-6-14-10/h9-12H,1-8H2. The van der Waals surface area contributed by atoms with E-state index in [1.54, 1.807) is 34.6 Å². The molecule has 0 aromatic heterocycles. The second-order valence-corrected chi connectivity index (χ2v) is 15.3. The zero-order valence-electron chi connectivity index (χ0n) is 9.60. The molecule has 0 bridgehead atoms. The van der Waals surface area contributed by atoms with Gasteiger partial charge in [-0.05, 0) is 0 Å². The number of rotatable bonds is 6. The van der Waals surface area contributed by atoms with Gasteiger partial charge in [-0.3, -0.25) is 0 Å². The normalized spacial score (nSPS) is 42.0. The number of hydrogen-bond donors (Lipinski definition) is 0. The van der Waals surface area contributed by atoms with Crippen LogP contribution in [0.4, 0.5) is 0 Å². The average Bonchev–Trinajstić information content (AvgIpc) is 3.17. The maximum absolute atomic E-state index is 2.22. The minimum absolute atomic E-state index is 0.403. The van der Waals surface area contributed by atoms with Crippen LogP contribution in [-0.4, -0.2) is 63.9 Å². The first-order valence-electron chi connectivity index (χ1n) is 6.36. The van der Waals surface area contributed by atoms with Crippen molar-refractivity contribution in [3.63, 3.8) is 0 Å². The molecular formula is C12H20S2Te2. The fourth-order valence-electron chi connectivity index (χ4n) is 2.22. The topological polar surface area (TPSA) is 0 Å². The van der Waals surface area contributed by atoms with Gasteiger partial charge >= 0.3 is 130 Å². The molecule has 2 saturated heterocycles. The van der Waals surface area contributed by atoms with E-state index in [-0.39, 0.29) is 0 Å². The third-order valence-corrected chi connectivity index (χ3v) is 15.2. The molecule has 16 heavy (non-hydrogen) atoms. The van der Waals surface area contributed by atoms with Gasteiger partial charge in [-0.1, -0.05) is 0 Å². The molecule has 1 aliphatic carbocycles. The summed E-state index contributed by atoms with van der Waals surface area (Å²) in [6.45, 7) is 0. The summed E-state index contributed by atoms with van der Waals surface area (Å²) in [7, 11) is 0. The van der Waals surface area contributed by atoms with Gasteiger partial charge in [0.15, 0.2) is 0 Å². The van der Waals surface area contributed by atoms with Crippen molar-refractivity contribution in [3.8, 4) is 0 Å². The Kier molecular flexibility index (Phi) is 5.50. The van der Waals surface area contributed by atoms with Gasteiger partial charge in [0.2, 0.25) is 0 Å². The van der Waals surface area contributed by atoms with Gasteiger partial charge in [0, 0.05) is 0 Å². The van der Waals surface area contributed by atoms with Crippen LogP contribution in [0.3, 0.4) is 0 Å². The molecule has 2 aliphatic heterocycles. The van der Waals surface area contributed by atoms with E-state index in [2.05, 4.69) is 23.5 Å². The molecule has 3 fully saturated rings. The molecule has 4 heteroatoms. The van der Waals surface area contributed by atoms with Gasteiger partial charge in [0.05, 0.1) is 0 Å². The van der Waals surface area contributed by atoms with E-state index in [1.807, 2.05) is 0 Å². The molecule has 0 amide bonds. The monoisotopic (exact) mass is 488 g/mol. The van der Waals surface area contributed by atoms with E-state index in [0.717, 1.165) is 10.5 Å². The Balaban J connectivity index is 1.34. The molecule has 0 aromatic rings. The van der Waals surface area contributed by atoms with Gasteiger partial charge in [-0.2, -0.15) is 0 Å². The molecule has 0 radical (unpaired) electrons. The van der Waals surface area contributed by atoms with Crippen LogP contribution in [0.1, 0.15) is 25.7 Å². The summed E-state index contributed by atoms with van der Waals surface area (Å²) in [6.07, 6.45) is 6.54. The Labute approximate surface area is 128 Å². The van der Waals surface area contributed by atoms with Crippen molar-refractivity contribution in [2.24, 2.45) is 0 Å². The van der Waals surface area contributed by atoms with Crippen molar-refractivity contribution >= 4 is 65.4 Å². The van der Waals surface area contributed by atoms with E-state index in [9.17, 15) is 0 Å². The Morgan fingerprint density at radius 3 is 1.81 bits per heavy atom. The van der Waals surface area contributed by atoms with Crippen molar-refractivity contribution in [2.75, 3.05) is 11.5 Å². The average molecular weight is 484 g/mol. The number of thioether (sulfide) groups is 2.